The number of carbonyl (C=O) groups excluding carboxylic acids is 1. The second kappa shape index (κ2) is 4.98. The molecule has 2 N–H and O–H groups in total. The number of allylic oxidation sites excluding steroid dienone is 1. The summed E-state index contributed by atoms with van der Waals surface area (Å²) in [4.78, 5) is 17.0. The predicted octanol–water partition coefficient (Wildman–Crippen LogP) is 2.27. The first-order chi connectivity index (χ1) is 8.49. The van der Waals surface area contributed by atoms with E-state index in [1.165, 1.54) is 5.57 Å². The van der Waals surface area contributed by atoms with E-state index >= 15 is 0 Å². The number of aromatic amines is 1. The standard InChI is InChI=1S/C13H16ClN3O/c1-8(2)6-7-17-9(3)13(18)15-10-4-5-11(14)16-12(10)17/h4-6,9H,7H2,1-3H3,(H,15,18)/p+1. The first kappa shape index (κ1) is 12.9. The Kier molecular flexibility index (Phi) is 3.57. The fourth-order valence-corrected chi connectivity index (χ4v) is 2.04. The lowest BCUT2D eigenvalue weighted by atomic mass is 10.1. The van der Waals surface area contributed by atoms with Gasteiger partial charge in [-0.15, -0.1) is 0 Å². The van der Waals surface area contributed by atoms with Gasteiger partial charge in [-0.25, -0.2) is 9.88 Å². The maximum absolute atomic E-state index is 11.9. The van der Waals surface area contributed by atoms with Crippen molar-refractivity contribution in [3.8, 4) is 0 Å². The molecule has 1 aromatic rings. The molecule has 2 heterocycles. The number of amides is 1. The molecule has 1 aromatic heterocycles. The van der Waals surface area contributed by atoms with Crippen molar-refractivity contribution in [2.24, 2.45) is 0 Å². The van der Waals surface area contributed by atoms with Crippen LogP contribution in [0.2, 0.25) is 5.15 Å². The van der Waals surface area contributed by atoms with Gasteiger partial charge in [-0.3, -0.25) is 4.79 Å². The molecule has 0 aromatic carbocycles. The van der Waals surface area contributed by atoms with Gasteiger partial charge in [-0.1, -0.05) is 5.57 Å². The van der Waals surface area contributed by atoms with Crippen molar-refractivity contribution < 1.29 is 9.78 Å². The van der Waals surface area contributed by atoms with E-state index in [1.54, 1.807) is 6.07 Å². The molecule has 1 atom stereocenters. The minimum atomic E-state index is -0.220. The van der Waals surface area contributed by atoms with Gasteiger partial charge in [0.2, 0.25) is 0 Å². The molecule has 0 fully saturated rings. The molecule has 96 valence electrons. The van der Waals surface area contributed by atoms with E-state index in [2.05, 4.69) is 16.4 Å². The Balaban J connectivity index is 2.40. The molecule has 0 saturated heterocycles. The van der Waals surface area contributed by atoms with E-state index in [0.29, 0.717) is 11.7 Å². The number of anilines is 2. The Labute approximate surface area is 112 Å². The van der Waals surface area contributed by atoms with E-state index < -0.39 is 0 Å². The number of fused-ring (bicyclic) bond motifs is 1. The Hall–Kier alpha value is -1.55. The zero-order valence-electron chi connectivity index (χ0n) is 10.7. The summed E-state index contributed by atoms with van der Waals surface area (Å²) in [5, 5.41) is 3.42. The van der Waals surface area contributed by atoms with Gasteiger partial charge in [-0.2, -0.15) is 0 Å². The van der Waals surface area contributed by atoms with E-state index in [4.69, 9.17) is 11.6 Å². The molecule has 0 aliphatic carbocycles. The van der Waals surface area contributed by atoms with Gasteiger partial charge in [-0.05, 0) is 50.6 Å². The summed E-state index contributed by atoms with van der Waals surface area (Å²) >= 11 is 5.98. The molecule has 2 rings (SSSR count). The summed E-state index contributed by atoms with van der Waals surface area (Å²) in [5.74, 6) is 0.854. The molecule has 5 heteroatoms. The predicted molar refractivity (Wildman–Crippen MR) is 72.9 cm³/mol. The van der Waals surface area contributed by atoms with Crippen LogP contribution in [-0.4, -0.2) is 18.5 Å². The molecular formula is C13H17ClN3O+. The highest BCUT2D eigenvalue weighted by Crippen LogP contribution is 2.28. The van der Waals surface area contributed by atoms with Crippen molar-refractivity contribution in [1.29, 1.82) is 0 Å². The quantitative estimate of drug-likeness (QED) is 0.659. The average molecular weight is 267 g/mol. The van der Waals surface area contributed by atoms with Crippen molar-refractivity contribution in [3.63, 3.8) is 0 Å². The van der Waals surface area contributed by atoms with Crippen LogP contribution >= 0.6 is 11.6 Å². The van der Waals surface area contributed by atoms with Gasteiger partial charge in [0.05, 0.1) is 0 Å². The van der Waals surface area contributed by atoms with Gasteiger partial charge in [0.25, 0.3) is 5.91 Å². The summed E-state index contributed by atoms with van der Waals surface area (Å²) in [6, 6.07) is 3.33. The number of hydrogen-bond acceptors (Lipinski definition) is 2. The molecule has 1 amide bonds. The van der Waals surface area contributed by atoms with Crippen LogP contribution in [0.25, 0.3) is 0 Å². The zero-order valence-corrected chi connectivity index (χ0v) is 11.5. The maximum atomic E-state index is 11.9. The van der Waals surface area contributed by atoms with Crippen LogP contribution in [0.4, 0.5) is 11.5 Å². The molecule has 1 aliphatic rings. The number of pyridine rings is 1. The summed E-state index contributed by atoms with van der Waals surface area (Å²) in [7, 11) is 0. The second-order valence-electron chi connectivity index (χ2n) is 4.67. The summed E-state index contributed by atoms with van der Waals surface area (Å²) < 4.78 is 0. The fraction of sp³-hybridized carbons (Fsp3) is 0.385. The lowest BCUT2D eigenvalue weighted by Gasteiger charge is -2.28. The van der Waals surface area contributed by atoms with E-state index in [0.717, 1.165) is 11.5 Å². The van der Waals surface area contributed by atoms with E-state index in [9.17, 15) is 4.79 Å². The number of H-pyrrole nitrogens is 1. The van der Waals surface area contributed by atoms with Crippen LogP contribution in [0, 0.1) is 0 Å². The highest BCUT2D eigenvalue weighted by atomic mass is 35.5. The smallest absolute Gasteiger partial charge is 0.300 e. The Morgan fingerprint density at radius 2 is 2.28 bits per heavy atom. The van der Waals surface area contributed by atoms with Crippen molar-refractivity contribution in [2.45, 2.75) is 26.8 Å². The Morgan fingerprint density at radius 1 is 1.56 bits per heavy atom. The third-order valence-electron chi connectivity index (χ3n) is 2.98. The van der Waals surface area contributed by atoms with Crippen molar-refractivity contribution in [1.82, 2.24) is 0 Å². The third-order valence-corrected chi connectivity index (χ3v) is 3.20. The van der Waals surface area contributed by atoms with Gasteiger partial charge in [0.15, 0.2) is 11.2 Å². The minimum absolute atomic E-state index is 0.000351. The SMILES string of the molecule is CC(C)=CCN1c2[nH+]c(Cl)ccc2NC(=O)C1C. The lowest BCUT2D eigenvalue weighted by molar-refractivity contribution is -0.361. The Morgan fingerprint density at radius 3 is 2.94 bits per heavy atom. The summed E-state index contributed by atoms with van der Waals surface area (Å²) in [6.45, 7) is 6.64. The highest BCUT2D eigenvalue weighted by Gasteiger charge is 2.36. The lowest BCUT2D eigenvalue weighted by Crippen LogP contribution is -2.49. The molecule has 1 aliphatic heterocycles. The summed E-state index contributed by atoms with van der Waals surface area (Å²) in [5.41, 5.74) is 1.99. The van der Waals surface area contributed by atoms with Gasteiger partial charge >= 0.3 is 5.82 Å². The maximum Gasteiger partial charge on any atom is 0.300 e. The fourth-order valence-electron chi connectivity index (χ4n) is 1.89. The van der Waals surface area contributed by atoms with Crippen LogP contribution in [-0.2, 0) is 4.79 Å². The normalized spacial score (nSPS) is 18.1. The average Bonchev–Trinajstić information content (AvgIpc) is 2.30. The first-order valence-corrected chi connectivity index (χ1v) is 6.29. The Bertz CT molecular complexity index is 509. The number of nitrogens with one attached hydrogen (secondary N) is 2. The van der Waals surface area contributed by atoms with E-state index in [-0.39, 0.29) is 11.9 Å². The molecule has 0 spiro atoms. The molecule has 0 bridgehead atoms. The minimum Gasteiger partial charge on any atom is -0.316 e. The van der Waals surface area contributed by atoms with Crippen LogP contribution < -0.4 is 15.2 Å². The molecule has 0 saturated carbocycles. The number of aromatic nitrogens is 1. The highest BCUT2D eigenvalue weighted by molar-refractivity contribution is 6.28. The first-order valence-electron chi connectivity index (χ1n) is 5.91. The third kappa shape index (κ3) is 2.48. The van der Waals surface area contributed by atoms with Crippen LogP contribution in [0.5, 0.6) is 0 Å². The molecule has 1 unspecified atom stereocenters. The molecule has 4 nitrogen and oxygen atoms in total. The van der Waals surface area contributed by atoms with E-state index in [1.807, 2.05) is 31.7 Å². The molecule has 0 radical (unpaired) electrons. The van der Waals surface area contributed by atoms with Crippen molar-refractivity contribution >= 4 is 29.0 Å². The van der Waals surface area contributed by atoms with Crippen molar-refractivity contribution in [2.75, 3.05) is 16.8 Å². The number of hydrogen-bond donors (Lipinski definition) is 1. The van der Waals surface area contributed by atoms with Crippen molar-refractivity contribution in [3.05, 3.63) is 28.9 Å². The largest absolute Gasteiger partial charge is 0.316 e. The number of halogens is 1. The monoisotopic (exact) mass is 266 g/mol. The van der Waals surface area contributed by atoms with Crippen LogP contribution in [0.15, 0.2) is 23.8 Å². The summed E-state index contributed by atoms with van der Waals surface area (Å²) in [6.07, 6.45) is 2.09. The van der Waals surface area contributed by atoms with Gasteiger partial charge in [0.1, 0.15) is 12.2 Å². The topological polar surface area (TPSA) is 46.5 Å². The number of nitrogens with zero attached hydrogens (tertiary/aromatic N) is 1. The molecule has 18 heavy (non-hydrogen) atoms. The zero-order chi connectivity index (χ0) is 13.3. The van der Waals surface area contributed by atoms with Crippen LogP contribution in [0.1, 0.15) is 20.8 Å². The van der Waals surface area contributed by atoms with Gasteiger partial charge < -0.3 is 5.32 Å². The second-order valence-corrected chi connectivity index (χ2v) is 5.07. The number of carbonyl (C=O) groups is 1. The molecular weight excluding hydrogens is 250 g/mol. The van der Waals surface area contributed by atoms with Gasteiger partial charge in [0, 0.05) is 0 Å². The van der Waals surface area contributed by atoms with Crippen LogP contribution in [0.3, 0.4) is 0 Å². The number of rotatable bonds is 2.